The van der Waals surface area contributed by atoms with E-state index in [0.29, 0.717) is 17.5 Å². The fourth-order valence-corrected chi connectivity index (χ4v) is 8.20. The molecule has 11 rings (SSSR count). The van der Waals surface area contributed by atoms with Crippen molar-refractivity contribution in [2.45, 2.75) is 0 Å². The first kappa shape index (κ1) is 34.2. The van der Waals surface area contributed by atoms with E-state index in [1.807, 2.05) is 79.0 Å². The maximum absolute atomic E-state index is 5.16. The summed E-state index contributed by atoms with van der Waals surface area (Å²) in [5.74, 6) is 2.78. The van der Waals surface area contributed by atoms with Crippen LogP contribution in [0.1, 0.15) is 0 Å². The van der Waals surface area contributed by atoms with Gasteiger partial charge in [0.1, 0.15) is 5.82 Å². The van der Waals surface area contributed by atoms with Crippen molar-refractivity contribution in [1.82, 2.24) is 29.5 Å². The largest absolute Gasteiger partial charge is 0.292 e. The Balaban J connectivity index is 1.05. The van der Waals surface area contributed by atoms with E-state index in [1.165, 1.54) is 5.56 Å². The monoisotopic (exact) mass is 754 g/mol. The molecule has 6 heteroatoms. The molecule has 11 aromatic rings. The second-order valence-corrected chi connectivity index (χ2v) is 14.5. The molecule has 0 aliphatic rings. The molecule has 59 heavy (non-hydrogen) atoms. The molecule has 0 fully saturated rings. The molecule has 0 radical (unpaired) electrons. The van der Waals surface area contributed by atoms with Gasteiger partial charge in [0.15, 0.2) is 17.5 Å². The number of hydrogen-bond donors (Lipinski definition) is 0. The summed E-state index contributed by atoms with van der Waals surface area (Å²) in [5, 5.41) is 4.55. The van der Waals surface area contributed by atoms with Crippen molar-refractivity contribution in [3.05, 3.63) is 206 Å². The minimum Gasteiger partial charge on any atom is -0.292 e. The van der Waals surface area contributed by atoms with Gasteiger partial charge in [-0.25, -0.2) is 19.9 Å². The van der Waals surface area contributed by atoms with Crippen LogP contribution in [0.25, 0.3) is 106 Å². The molecule has 3 heterocycles. The van der Waals surface area contributed by atoms with Gasteiger partial charge in [0.2, 0.25) is 0 Å². The third-order valence-electron chi connectivity index (χ3n) is 10.9. The van der Waals surface area contributed by atoms with E-state index >= 15 is 0 Å². The first-order valence-electron chi connectivity index (χ1n) is 19.7. The molecule has 3 aromatic heterocycles. The molecule has 0 atom stereocenters. The quantitative estimate of drug-likeness (QED) is 0.152. The highest BCUT2D eigenvalue weighted by Crippen LogP contribution is 2.44. The summed E-state index contributed by atoms with van der Waals surface area (Å²) in [4.78, 5) is 25.0. The number of fused-ring (bicyclic) bond motifs is 3. The number of imidazole rings is 1. The van der Waals surface area contributed by atoms with Crippen LogP contribution in [-0.2, 0) is 0 Å². The highest BCUT2D eigenvalue weighted by atomic mass is 15.1. The van der Waals surface area contributed by atoms with Crippen molar-refractivity contribution in [1.29, 1.82) is 0 Å². The van der Waals surface area contributed by atoms with E-state index in [-0.39, 0.29) is 0 Å². The van der Waals surface area contributed by atoms with E-state index in [0.717, 1.165) is 83.2 Å². The zero-order valence-electron chi connectivity index (χ0n) is 31.8. The number of hydrogen-bond acceptors (Lipinski definition) is 5. The minimum atomic E-state index is 0.626. The highest BCUT2D eigenvalue weighted by Gasteiger charge is 2.20. The van der Waals surface area contributed by atoms with Crippen molar-refractivity contribution >= 4 is 32.6 Å². The van der Waals surface area contributed by atoms with Gasteiger partial charge in [0.25, 0.3) is 0 Å². The Hall–Kier alpha value is -8.09. The molecule has 0 spiro atoms. The zero-order chi connectivity index (χ0) is 39.1. The maximum Gasteiger partial charge on any atom is 0.164 e. The van der Waals surface area contributed by atoms with Gasteiger partial charge >= 0.3 is 0 Å². The fraction of sp³-hybridized carbons (Fsp3) is 0. The summed E-state index contributed by atoms with van der Waals surface area (Å²) in [6.45, 7) is 0. The van der Waals surface area contributed by atoms with Crippen LogP contribution in [0.2, 0.25) is 0 Å². The van der Waals surface area contributed by atoms with Crippen LogP contribution in [0.4, 0.5) is 0 Å². The van der Waals surface area contributed by atoms with E-state index in [4.69, 9.17) is 24.9 Å². The number of benzene rings is 8. The van der Waals surface area contributed by atoms with Crippen molar-refractivity contribution in [3.63, 3.8) is 0 Å². The van der Waals surface area contributed by atoms with Gasteiger partial charge < -0.3 is 0 Å². The molecule has 0 aliphatic heterocycles. The lowest BCUT2D eigenvalue weighted by atomic mass is 9.87. The summed E-state index contributed by atoms with van der Waals surface area (Å²) in [7, 11) is 0. The Morgan fingerprint density at radius 1 is 0.339 bits per heavy atom. The van der Waals surface area contributed by atoms with Crippen LogP contribution in [0, 0.1) is 0 Å². The fourth-order valence-electron chi connectivity index (χ4n) is 8.20. The summed E-state index contributed by atoms with van der Waals surface area (Å²) in [6.07, 6.45) is 1.91. The molecule has 0 bridgehead atoms. The van der Waals surface area contributed by atoms with Gasteiger partial charge in [0, 0.05) is 39.7 Å². The molecule has 6 nitrogen and oxygen atoms in total. The lowest BCUT2D eigenvalue weighted by Crippen LogP contribution is -2.00. The van der Waals surface area contributed by atoms with Gasteiger partial charge in [0.05, 0.1) is 16.7 Å². The number of para-hydroxylation sites is 3. The molecule has 0 saturated carbocycles. The highest BCUT2D eigenvalue weighted by molar-refractivity contribution is 6.21. The van der Waals surface area contributed by atoms with Crippen LogP contribution in [0.5, 0.6) is 0 Å². The Morgan fingerprint density at radius 2 is 0.797 bits per heavy atom. The molecule has 0 amide bonds. The molecule has 0 N–H and O–H groups in total. The van der Waals surface area contributed by atoms with Crippen molar-refractivity contribution < 1.29 is 0 Å². The van der Waals surface area contributed by atoms with Crippen LogP contribution in [-0.4, -0.2) is 29.5 Å². The predicted octanol–water partition coefficient (Wildman–Crippen LogP) is 12.9. The number of pyridine rings is 1. The third-order valence-corrected chi connectivity index (χ3v) is 10.9. The zero-order valence-corrected chi connectivity index (χ0v) is 31.8. The first-order chi connectivity index (χ1) is 29.3. The normalized spacial score (nSPS) is 11.4. The summed E-state index contributed by atoms with van der Waals surface area (Å²) >= 11 is 0. The smallest absolute Gasteiger partial charge is 0.164 e. The van der Waals surface area contributed by atoms with Gasteiger partial charge in [-0.3, -0.25) is 9.55 Å². The molecule has 0 saturated heterocycles. The summed E-state index contributed by atoms with van der Waals surface area (Å²) in [6, 6.07) is 69.0. The molecular formula is C53H34N6. The van der Waals surface area contributed by atoms with E-state index in [2.05, 4.69) is 132 Å². The van der Waals surface area contributed by atoms with Gasteiger partial charge in [-0.1, -0.05) is 164 Å². The summed E-state index contributed by atoms with van der Waals surface area (Å²) < 4.78 is 2.24. The number of aromatic nitrogens is 6. The maximum atomic E-state index is 5.16. The van der Waals surface area contributed by atoms with Gasteiger partial charge in [-0.05, 0) is 69.1 Å². The standard InChI is InChI=1S/C53H34N6/c1-4-16-36(17-5-1)50-56-51(37-18-6-2-7-19-37)58-52(57-50)38-30-28-35(29-31-38)48-41-22-10-12-24-43(41)49(44-25-13-11-23-42(44)48)46-34-39(32-33-54-46)53-55-45-26-14-15-27-47(45)59(53)40-20-8-3-9-21-40/h1-34H. The van der Waals surface area contributed by atoms with Crippen LogP contribution in [0.3, 0.4) is 0 Å². The molecule has 8 aromatic carbocycles. The lowest BCUT2D eigenvalue weighted by Gasteiger charge is -2.18. The van der Waals surface area contributed by atoms with Crippen molar-refractivity contribution in [3.8, 4) is 73.6 Å². The van der Waals surface area contributed by atoms with Crippen LogP contribution in [0.15, 0.2) is 206 Å². The van der Waals surface area contributed by atoms with E-state index in [1.54, 1.807) is 0 Å². The molecule has 0 aliphatic carbocycles. The second-order valence-electron chi connectivity index (χ2n) is 14.5. The molecule has 276 valence electrons. The Labute approximate surface area is 340 Å². The van der Waals surface area contributed by atoms with Crippen molar-refractivity contribution in [2.24, 2.45) is 0 Å². The minimum absolute atomic E-state index is 0.626. The van der Waals surface area contributed by atoms with Crippen LogP contribution < -0.4 is 0 Å². The number of rotatable bonds is 7. The molecule has 0 unspecified atom stereocenters. The van der Waals surface area contributed by atoms with Crippen molar-refractivity contribution in [2.75, 3.05) is 0 Å². The molecular weight excluding hydrogens is 721 g/mol. The third kappa shape index (κ3) is 6.11. The van der Waals surface area contributed by atoms with E-state index < -0.39 is 0 Å². The SMILES string of the molecule is c1ccc(-c2nc(-c3ccccc3)nc(-c3ccc(-c4c5ccccc5c(-c5cc(-c6nc7ccccc7n6-c6ccccc6)ccn5)c5ccccc45)cc3)n2)cc1. The Bertz CT molecular complexity index is 3190. The Morgan fingerprint density at radius 3 is 1.37 bits per heavy atom. The first-order valence-corrected chi connectivity index (χ1v) is 19.7. The Kier molecular flexibility index (Phi) is 8.37. The predicted molar refractivity (Wildman–Crippen MR) is 240 cm³/mol. The van der Waals surface area contributed by atoms with E-state index in [9.17, 15) is 0 Å². The van der Waals surface area contributed by atoms with Gasteiger partial charge in [-0.2, -0.15) is 0 Å². The van der Waals surface area contributed by atoms with Crippen LogP contribution >= 0.6 is 0 Å². The second kappa shape index (κ2) is 14.4. The van der Waals surface area contributed by atoms with Gasteiger partial charge in [-0.15, -0.1) is 0 Å². The number of nitrogens with zero attached hydrogens (tertiary/aromatic N) is 6. The average Bonchev–Trinajstić information content (AvgIpc) is 3.71. The lowest BCUT2D eigenvalue weighted by molar-refractivity contribution is 1.07. The summed E-state index contributed by atoms with van der Waals surface area (Å²) in [5.41, 5.74) is 11.1. The average molecular weight is 755 g/mol. The topological polar surface area (TPSA) is 69.4 Å².